The van der Waals surface area contributed by atoms with Crippen molar-refractivity contribution >= 4 is 11.7 Å². The maximum Gasteiger partial charge on any atom is 0.223 e. The molecular weight excluding hydrogens is 276 g/mol. The number of rotatable bonds is 6. The number of carbonyl (C=O) groups is 1. The summed E-state index contributed by atoms with van der Waals surface area (Å²) >= 11 is 0. The van der Waals surface area contributed by atoms with Crippen molar-refractivity contribution in [3.8, 4) is 0 Å². The van der Waals surface area contributed by atoms with Gasteiger partial charge < -0.3 is 10.6 Å². The van der Waals surface area contributed by atoms with E-state index in [-0.39, 0.29) is 11.8 Å². The van der Waals surface area contributed by atoms with Crippen LogP contribution in [0.25, 0.3) is 0 Å². The minimum atomic E-state index is 0.238. The highest BCUT2D eigenvalue weighted by atomic mass is 16.1. The summed E-state index contributed by atoms with van der Waals surface area (Å²) in [5.41, 5.74) is 2.52. The molecule has 1 saturated carbocycles. The number of nitrogens with zero attached hydrogens (tertiary/aromatic N) is 2. The molecule has 2 aliphatic carbocycles. The first-order valence-corrected chi connectivity index (χ1v) is 8.62. The largest absolute Gasteiger partial charge is 0.370 e. The lowest BCUT2D eigenvalue weighted by atomic mass is 9.85. The second kappa shape index (κ2) is 7.07. The molecule has 1 fully saturated rings. The Morgan fingerprint density at radius 2 is 1.95 bits per heavy atom. The molecule has 1 aromatic rings. The fourth-order valence-corrected chi connectivity index (χ4v) is 3.19. The average Bonchev–Trinajstić information content (AvgIpc) is 2.44. The molecule has 0 saturated heterocycles. The van der Waals surface area contributed by atoms with Crippen LogP contribution in [0, 0.1) is 12.8 Å². The van der Waals surface area contributed by atoms with Crippen LogP contribution in [0.5, 0.6) is 0 Å². The van der Waals surface area contributed by atoms with Crippen LogP contribution >= 0.6 is 0 Å². The lowest BCUT2D eigenvalue weighted by Crippen LogP contribution is -2.35. The molecule has 0 aliphatic heterocycles. The van der Waals surface area contributed by atoms with E-state index in [4.69, 9.17) is 0 Å². The van der Waals surface area contributed by atoms with Gasteiger partial charge in [-0.1, -0.05) is 6.42 Å². The van der Waals surface area contributed by atoms with Gasteiger partial charge in [0.05, 0.1) is 0 Å². The highest BCUT2D eigenvalue weighted by Gasteiger charge is 2.24. The van der Waals surface area contributed by atoms with Crippen LogP contribution in [-0.4, -0.2) is 29.0 Å². The maximum absolute atomic E-state index is 11.7. The van der Waals surface area contributed by atoms with E-state index in [1.165, 1.54) is 30.5 Å². The molecular formula is C17H26N4O. The van der Waals surface area contributed by atoms with Crippen molar-refractivity contribution in [2.24, 2.45) is 5.92 Å². The smallest absolute Gasteiger partial charge is 0.223 e. The number of nitrogens with one attached hydrogen (secondary N) is 2. The summed E-state index contributed by atoms with van der Waals surface area (Å²) in [6.07, 6.45) is 8.88. The number of hydrogen-bond donors (Lipinski definition) is 2. The van der Waals surface area contributed by atoms with E-state index in [1.54, 1.807) is 0 Å². The van der Waals surface area contributed by atoms with Crippen LogP contribution in [0.4, 0.5) is 5.82 Å². The van der Waals surface area contributed by atoms with Crippen molar-refractivity contribution in [2.45, 2.75) is 58.3 Å². The van der Waals surface area contributed by atoms with Gasteiger partial charge in [0.25, 0.3) is 0 Å². The van der Waals surface area contributed by atoms with Crippen LogP contribution < -0.4 is 10.6 Å². The first-order chi connectivity index (χ1) is 10.7. The molecule has 0 spiro atoms. The zero-order valence-electron chi connectivity index (χ0n) is 13.5. The number of fused-ring (bicyclic) bond motifs is 1. The van der Waals surface area contributed by atoms with E-state index in [1.807, 2.05) is 6.92 Å². The van der Waals surface area contributed by atoms with E-state index >= 15 is 0 Å². The SMILES string of the molecule is Cc1nc2c(c(NCCCNC(=O)C3CCC3)n1)CCCC2. The molecule has 1 amide bonds. The number of carbonyl (C=O) groups excluding carboxylic acids is 1. The van der Waals surface area contributed by atoms with Crippen molar-refractivity contribution in [3.05, 3.63) is 17.1 Å². The Morgan fingerprint density at radius 1 is 1.14 bits per heavy atom. The second-order valence-corrected chi connectivity index (χ2v) is 6.45. The number of aromatic nitrogens is 2. The number of anilines is 1. The summed E-state index contributed by atoms with van der Waals surface area (Å²) < 4.78 is 0. The molecule has 3 rings (SSSR count). The van der Waals surface area contributed by atoms with Gasteiger partial charge in [0, 0.05) is 30.3 Å². The molecule has 1 heterocycles. The minimum absolute atomic E-state index is 0.238. The summed E-state index contributed by atoms with van der Waals surface area (Å²) in [4.78, 5) is 20.9. The van der Waals surface area contributed by atoms with Crippen LogP contribution in [0.2, 0.25) is 0 Å². The molecule has 2 aliphatic rings. The van der Waals surface area contributed by atoms with Crippen molar-refractivity contribution < 1.29 is 4.79 Å². The summed E-state index contributed by atoms with van der Waals surface area (Å²) in [7, 11) is 0. The zero-order chi connectivity index (χ0) is 15.4. The Hall–Kier alpha value is -1.65. The maximum atomic E-state index is 11.7. The van der Waals surface area contributed by atoms with Gasteiger partial charge in [-0.25, -0.2) is 9.97 Å². The Labute approximate surface area is 132 Å². The van der Waals surface area contributed by atoms with E-state index in [9.17, 15) is 4.79 Å². The van der Waals surface area contributed by atoms with Crippen LogP contribution in [-0.2, 0) is 17.6 Å². The van der Waals surface area contributed by atoms with Gasteiger partial charge in [-0.2, -0.15) is 0 Å². The number of hydrogen-bond acceptors (Lipinski definition) is 4. The molecule has 0 unspecified atom stereocenters. The predicted molar refractivity (Wildman–Crippen MR) is 86.9 cm³/mol. The van der Waals surface area contributed by atoms with Gasteiger partial charge in [0.15, 0.2) is 0 Å². The molecule has 120 valence electrons. The van der Waals surface area contributed by atoms with Gasteiger partial charge in [0.2, 0.25) is 5.91 Å². The van der Waals surface area contributed by atoms with Crippen LogP contribution in [0.15, 0.2) is 0 Å². The van der Waals surface area contributed by atoms with Gasteiger partial charge >= 0.3 is 0 Å². The van der Waals surface area contributed by atoms with Crippen LogP contribution in [0.3, 0.4) is 0 Å². The zero-order valence-corrected chi connectivity index (χ0v) is 13.5. The predicted octanol–water partition coefficient (Wildman–Crippen LogP) is 2.38. The summed E-state index contributed by atoms with van der Waals surface area (Å²) in [6.45, 7) is 3.54. The van der Waals surface area contributed by atoms with Crippen molar-refractivity contribution in [1.29, 1.82) is 0 Å². The highest BCUT2D eigenvalue weighted by molar-refractivity contribution is 5.79. The van der Waals surface area contributed by atoms with Gasteiger partial charge in [-0.05, 0) is 51.9 Å². The van der Waals surface area contributed by atoms with E-state index in [2.05, 4.69) is 20.6 Å². The average molecular weight is 302 g/mol. The Balaban J connectivity index is 1.45. The lowest BCUT2D eigenvalue weighted by molar-refractivity contribution is -0.127. The van der Waals surface area contributed by atoms with E-state index in [0.717, 1.165) is 56.8 Å². The van der Waals surface area contributed by atoms with Gasteiger partial charge in [-0.3, -0.25) is 4.79 Å². The van der Waals surface area contributed by atoms with Crippen LogP contribution in [0.1, 0.15) is 55.6 Å². The van der Waals surface area contributed by atoms with Crippen molar-refractivity contribution in [2.75, 3.05) is 18.4 Å². The standard InChI is InChI=1S/C17H26N4O/c1-12-20-15-9-3-2-8-14(15)16(21-12)18-10-5-11-19-17(22)13-6-4-7-13/h13H,2-11H2,1H3,(H,19,22)(H,18,20,21). The van der Waals surface area contributed by atoms with Crippen molar-refractivity contribution in [3.63, 3.8) is 0 Å². The molecule has 5 heteroatoms. The molecule has 5 nitrogen and oxygen atoms in total. The molecule has 22 heavy (non-hydrogen) atoms. The summed E-state index contributed by atoms with van der Waals surface area (Å²) in [5, 5.41) is 6.48. The molecule has 2 N–H and O–H groups in total. The fourth-order valence-electron chi connectivity index (χ4n) is 3.19. The third-order valence-corrected chi connectivity index (χ3v) is 4.72. The first kappa shape index (κ1) is 15.3. The quantitative estimate of drug-likeness (QED) is 0.792. The minimum Gasteiger partial charge on any atom is -0.370 e. The van der Waals surface area contributed by atoms with E-state index < -0.39 is 0 Å². The summed E-state index contributed by atoms with van der Waals surface area (Å²) in [6, 6.07) is 0. The Kier molecular flexibility index (Phi) is 4.90. The summed E-state index contributed by atoms with van der Waals surface area (Å²) in [5.74, 6) is 2.37. The third-order valence-electron chi connectivity index (χ3n) is 4.72. The topological polar surface area (TPSA) is 66.9 Å². The van der Waals surface area contributed by atoms with E-state index in [0.29, 0.717) is 0 Å². The molecule has 0 atom stereocenters. The molecule has 0 radical (unpaired) electrons. The first-order valence-electron chi connectivity index (χ1n) is 8.62. The van der Waals surface area contributed by atoms with Crippen molar-refractivity contribution in [1.82, 2.24) is 15.3 Å². The lowest BCUT2D eigenvalue weighted by Gasteiger charge is -2.24. The number of amides is 1. The van der Waals surface area contributed by atoms with Gasteiger partial charge in [0.1, 0.15) is 11.6 Å². The number of aryl methyl sites for hydroxylation is 2. The normalized spacial score (nSPS) is 17.5. The molecule has 0 bridgehead atoms. The highest BCUT2D eigenvalue weighted by Crippen LogP contribution is 2.26. The Bertz CT molecular complexity index is 540. The monoisotopic (exact) mass is 302 g/mol. The third kappa shape index (κ3) is 3.57. The second-order valence-electron chi connectivity index (χ2n) is 6.45. The Morgan fingerprint density at radius 3 is 2.73 bits per heavy atom. The molecule has 1 aromatic heterocycles. The molecule has 0 aromatic carbocycles. The van der Waals surface area contributed by atoms with Gasteiger partial charge in [-0.15, -0.1) is 0 Å². The fraction of sp³-hybridized carbons (Fsp3) is 0.706.